The van der Waals surface area contributed by atoms with E-state index in [0.29, 0.717) is 16.5 Å². The second-order valence-corrected chi connectivity index (χ2v) is 10.8. The fraction of sp³-hybridized carbons (Fsp3) is 0.550. The summed E-state index contributed by atoms with van der Waals surface area (Å²) in [6.07, 6.45) is 4.89. The molecule has 0 bridgehead atoms. The molecule has 0 radical (unpaired) electrons. The maximum atomic E-state index is 13.4. The Morgan fingerprint density at radius 3 is 2.64 bits per heavy atom. The van der Waals surface area contributed by atoms with Gasteiger partial charge in [0, 0.05) is 25.6 Å². The zero-order valence-electron chi connectivity index (χ0n) is 18.5. The lowest BCUT2D eigenvalue weighted by Gasteiger charge is -2.21. The number of aromatic nitrogens is 6. The van der Waals surface area contributed by atoms with Gasteiger partial charge in [0.1, 0.15) is 35.7 Å². The zero-order chi connectivity index (χ0) is 23.6. The number of nitrogens with zero attached hydrogens (tertiary/aromatic N) is 6. The Kier molecular flexibility index (Phi) is 7.07. The normalized spacial score (nSPS) is 20.7. The summed E-state index contributed by atoms with van der Waals surface area (Å²) in [6.45, 7) is 3.82. The van der Waals surface area contributed by atoms with Crippen molar-refractivity contribution in [2.75, 3.05) is 7.11 Å². The Bertz CT molecular complexity index is 1170. The molecule has 0 aliphatic carbocycles. The highest BCUT2D eigenvalue weighted by Crippen LogP contribution is 2.33. The molecule has 0 saturated carbocycles. The van der Waals surface area contributed by atoms with Gasteiger partial charge in [0.15, 0.2) is 21.5 Å². The second-order valence-electron chi connectivity index (χ2n) is 7.99. The highest BCUT2D eigenvalue weighted by Gasteiger charge is 2.36. The Balaban J connectivity index is 1.62. The first-order valence-electron chi connectivity index (χ1n) is 10.5. The van der Waals surface area contributed by atoms with Crippen molar-refractivity contribution in [2.45, 2.75) is 62.5 Å². The SMILES string of the molecule is CO[C@H](c1ncc(Cl)cn1)[C@H](C)S(=O)(=O)Cc1nnc([C@H]2CC[C@@H](C)O2)n1Cc1ccon1. The number of rotatable bonds is 9. The molecule has 3 aromatic heterocycles. The highest BCUT2D eigenvalue weighted by molar-refractivity contribution is 7.91. The van der Waals surface area contributed by atoms with Gasteiger partial charge in [-0.25, -0.2) is 18.4 Å². The molecule has 1 fully saturated rings. The first-order valence-corrected chi connectivity index (χ1v) is 12.6. The van der Waals surface area contributed by atoms with Gasteiger partial charge in [-0.05, 0) is 26.7 Å². The van der Waals surface area contributed by atoms with Crippen LogP contribution in [0.4, 0.5) is 0 Å². The standard InChI is InChI=1S/C20H25ClN6O5S/c1-12-4-5-16(32-12)20-25-24-17(27(20)10-15-6-7-31-26-15)11-33(28,29)13(2)18(30-3)19-22-8-14(21)9-23-19/h6-9,12-13,16,18H,4-5,10-11H2,1-3H3/t12-,13+,16-,18+/m1/s1. The molecule has 178 valence electrons. The van der Waals surface area contributed by atoms with Crippen LogP contribution in [0.2, 0.25) is 5.02 Å². The van der Waals surface area contributed by atoms with Gasteiger partial charge in [-0.3, -0.25) is 0 Å². The Morgan fingerprint density at radius 1 is 1.27 bits per heavy atom. The van der Waals surface area contributed by atoms with Crippen molar-refractivity contribution < 1.29 is 22.4 Å². The molecular formula is C20H25ClN6O5S. The molecule has 11 nitrogen and oxygen atoms in total. The van der Waals surface area contributed by atoms with Crippen molar-refractivity contribution >= 4 is 21.4 Å². The van der Waals surface area contributed by atoms with Crippen LogP contribution in [-0.2, 0) is 31.6 Å². The molecule has 3 aromatic rings. The smallest absolute Gasteiger partial charge is 0.163 e. The highest BCUT2D eigenvalue weighted by atomic mass is 35.5. The maximum absolute atomic E-state index is 13.4. The van der Waals surface area contributed by atoms with Gasteiger partial charge in [0.05, 0.1) is 22.9 Å². The largest absolute Gasteiger partial charge is 0.372 e. The summed E-state index contributed by atoms with van der Waals surface area (Å²) in [5.41, 5.74) is 0.623. The van der Waals surface area contributed by atoms with Crippen molar-refractivity contribution in [3.63, 3.8) is 0 Å². The molecule has 13 heteroatoms. The summed E-state index contributed by atoms with van der Waals surface area (Å²) in [6, 6.07) is 1.71. The van der Waals surface area contributed by atoms with Crippen LogP contribution in [0.5, 0.6) is 0 Å². The lowest BCUT2D eigenvalue weighted by atomic mass is 10.2. The number of halogens is 1. The van der Waals surface area contributed by atoms with Crippen molar-refractivity contribution in [3.8, 4) is 0 Å². The summed E-state index contributed by atoms with van der Waals surface area (Å²) in [5.74, 6) is 0.741. The fourth-order valence-electron chi connectivity index (χ4n) is 3.82. The molecule has 0 spiro atoms. The monoisotopic (exact) mass is 496 g/mol. The van der Waals surface area contributed by atoms with Crippen molar-refractivity contribution in [3.05, 3.63) is 52.9 Å². The summed E-state index contributed by atoms with van der Waals surface area (Å²) in [5, 5.41) is 11.8. The van der Waals surface area contributed by atoms with Crippen molar-refractivity contribution in [2.24, 2.45) is 0 Å². The minimum atomic E-state index is -3.75. The number of hydrogen-bond acceptors (Lipinski definition) is 10. The lowest BCUT2D eigenvalue weighted by Crippen LogP contribution is -2.30. The van der Waals surface area contributed by atoms with Crippen molar-refractivity contribution in [1.29, 1.82) is 0 Å². The molecule has 1 saturated heterocycles. The van der Waals surface area contributed by atoms with Crippen LogP contribution in [0.3, 0.4) is 0 Å². The van der Waals surface area contributed by atoms with Crippen LogP contribution in [0.25, 0.3) is 0 Å². The summed E-state index contributed by atoms with van der Waals surface area (Å²) in [4.78, 5) is 8.24. The van der Waals surface area contributed by atoms with Gasteiger partial charge >= 0.3 is 0 Å². The van der Waals surface area contributed by atoms with Gasteiger partial charge in [0.25, 0.3) is 0 Å². The fourth-order valence-corrected chi connectivity index (χ4v) is 5.36. The maximum Gasteiger partial charge on any atom is 0.163 e. The van der Waals surface area contributed by atoms with Crippen LogP contribution >= 0.6 is 11.6 Å². The average molecular weight is 497 g/mol. The number of methoxy groups -OCH3 is 1. The third kappa shape index (κ3) is 5.24. The molecule has 0 amide bonds. The number of hydrogen-bond donors (Lipinski definition) is 0. The minimum Gasteiger partial charge on any atom is -0.372 e. The second kappa shape index (κ2) is 9.84. The molecule has 4 heterocycles. The van der Waals surface area contributed by atoms with E-state index in [1.807, 2.05) is 6.92 Å². The van der Waals surface area contributed by atoms with E-state index in [4.69, 9.17) is 25.6 Å². The summed E-state index contributed by atoms with van der Waals surface area (Å²) in [7, 11) is -2.34. The molecule has 33 heavy (non-hydrogen) atoms. The summed E-state index contributed by atoms with van der Waals surface area (Å²) < 4.78 is 44.8. The predicted molar refractivity (Wildman–Crippen MR) is 117 cm³/mol. The van der Waals surface area contributed by atoms with Crippen LogP contribution in [0.1, 0.15) is 62.1 Å². The molecule has 0 aromatic carbocycles. The van der Waals surface area contributed by atoms with Crippen LogP contribution in [0.15, 0.2) is 29.2 Å². The number of ether oxygens (including phenoxy) is 2. The molecule has 4 rings (SSSR count). The molecule has 0 unspecified atom stereocenters. The van der Waals surface area contributed by atoms with Crippen LogP contribution in [-0.4, -0.2) is 56.8 Å². The average Bonchev–Trinajstić information content (AvgIpc) is 3.53. The molecular weight excluding hydrogens is 472 g/mol. The van der Waals surface area contributed by atoms with Crippen LogP contribution < -0.4 is 0 Å². The number of sulfone groups is 1. The Hall–Kier alpha value is -2.41. The molecule has 1 aliphatic heterocycles. The van der Waals surface area contributed by atoms with Gasteiger partial charge in [-0.1, -0.05) is 16.8 Å². The Labute approximate surface area is 196 Å². The van der Waals surface area contributed by atoms with E-state index in [1.165, 1.54) is 25.8 Å². The van der Waals surface area contributed by atoms with E-state index in [1.54, 1.807) is 17.6 Å². The summed E-state index contributed by atoms with van der Waals surface area (Å²) >= 11 is 5.85. The predicted octanol–water partition coefficient (Wildman–Crippen LogP) is 2.69. The minimum absolute atomic E-state index is 0.0984. The third-order valence-corrected chi connectivity index (χ3v) is 7.89. The van der Waals surface area contributed by atoms with E-state index < -0.39 is 21.2 Å². The van der Waals surface area contributed by atoms with E-state index in [2.05, 4.69) is 25.3 Å². The first kappa shape index (κ1) is 23.7. The van der Waals surface area contributed by atoms with E-state index >= 15 is 0 Å². The molecule has 4 atom stereocenters. The van der Waals surface area contributed by atoms with E-state index in [9.17, 15) is 8.42 Å². The lowest BCUT2D eigenvalue weighted by molar-refractivity contribution is 0.0480. The quantitative estimate of drug-likeness (QED) is 0.434. The van der Waals surface area contributed by atoms with Gasteiger partial charge in [0.2, 0.25) is 0 Å². The first-order chi connectivity index (χ1) is 15.8. The molecule has 1 aliphatic rings. The van der Waals surface area contributed by atoms with Gasteiger partial charge < -0.3 is 18.6 Å². The third-order valence-electron chi connectivity index (χ3n) is 5.66. The Morgan fingerprint density at radius 2 is 2.03 bits per heavy atom. The van der Waals surface area contributed by atoms with E-state index in [0.717, 1.165) is 12.8 Å². The van der Waals surface area contributed by atoms with Gasteiger partial charge in [-0.2, -0.15) is 0 Å². The van der Waals surface area contributed by atoms with Crippen LogP contribution in [0, 0.1) is 0 Å². The van der Waals surface area contributed by atoms with Gasteiger partial charge in [-0.15, -0.1) is 10.2 Å². The zero-order valence-corrected chi connectivity index (χ0v) is 20.0. The topological polar surface area (TPSA) is 135 Å². The van der Waals surface area contributed by atoms with E-state index in [-0.39, 0.29) is 36.2 Å². The molecule has 0 N–H and O–H groups in total. The van der Waals surface area contributed by atoms with Crippen molar-refractivity contribution in [1.82, 2.24) is 29.9 Å².